The van der Waals surface area contributed by atoms with Crippen LogP contribution in [-0.2, 0) is 4.74 Å². The molecule has 0 aromatic rings. The van der Waals surface area contributed by atoms with Gasteiger partial charge in [0.15, 0.2) is 0 Å². The van der Waals surface area contributed by atoms with Gasteiger partial charge in [0.1, 0.15) is 0 Å². The molecule has 0 aromatic heterocycles. The van der Waals surface area contributed by atoms with Crippen LogP contribution in [0.1, 0.15) is 39.0 Å². The zero-order chi connectivity index (χ0) is 11.9. The topological polar surface area (TPSA) is 24.5 Å². The van der Waals surface area contributed by atoms with Crippen molar-refractivity contribution in [2.45, 2.75) is 45.1 Å². The van der Waals surface area contributed by atoms with Crippen LogP contribution in [-0.4, -0.2) is 50.3 Å². The molecule has 0 bridgehead atoms. The number of nitrogens with zero attached hydrogens (tertiary/aromatic N) is 1. The molecule has 3 heteroatoms. The highest BCUT2D eigenvalue weighted by Crippen LogP contribution is 2.28. The lowest BCUT2D eigenvalue weighted by Crippen LogP contribution is -2.50. The van der Waals surface area contributed by atoms with Crippen molar-refractivity contribution in [2.24, 2.45) is 5.92 Å². The molecular weight excluding hydrogens is 212 g/mol. The van der Waals surface area contributed by atoms with Crippen molar-refractivity contribution in [3.63, 3.8) is 0 Å². The predicted molar refractivity (Wildman–Crippen MR) is 71.3 cm³/mol. The summed E-state index contributed by atoms with van der Waals surface area (Å²) >= 11 is 0. The summed E-state index contributed by atoms with van der Waals surface area (Å²) in [5.41, 5.74) is 0. The zero-order valence-electron chi connectivity index (χ0n) is 11.3. The Bertz CT molecular complexity index is 204. The smallest absolute Gasteiger partial charge is 0.0494 e. The highest BCUT2D eigenvalue weighted by Gasteiger charge is 2.21. The van der Waals surface area contributed by atoms with Crippen LogP contribution in [0.25, 0.3) is 0 Å². The Hall–Kier alpha value is -0.120. The lowest BCUT2D eigenvalue weighted by molar-refractivity contribution is 0.106. The van der Waals surface area contributed by atoms with Crippen molar-refractivity contribution in [3.05, 3.63) is 0 Å². The molecule has 1 unspecified atom stereocenters. The largest absolute Gasteiger partial charge is 0.381 e. The average Bonchev–Trinajstić information content (AvgIpc) is 3.14. The first-order valence-electron chi connectivity index (χ1n) is 7.42. The second kappa shape index (κ2) is 7.34. The summed E-state index contributed by atoms with van der Waals surface area (Å²) in [4.78, 5) is 2.59. The molecule has 0 aromatic carbocycles. The fourth-order valence-corrected chi connectivity index (χ4v) is 2.56. The summed E-state index contributed by atoms with van der Waals surface area (Å²) in [6.45, 7) is 9.06. The van der Waals surface area contributed by atoms with Crippen molar-refractivity contribution in [1.29, 1.82) is 0 Å². The molecule has 1 aliphatic heterocycles. The van der Waals surface area contributed by atoms with E-state index in [1.165, 1.54) is 51.7 Å². The number of hydrogen-bond donors (Lipinski definition) is 1. The lowest BCUT2D eigenvalue weighted by atomic mass is 10.1. The molecule has 1 aliphatic carbocycles. The Morgan fingerprint density at radius 1 is 1.35 bits per heavy atom. The van der Waals surface area contributed by atoms with Crippen molar-refractivity contribution >= 4 is 0 Å². The summed E-state index contributed by atoms with van der Waals surface area (Å²) in [5.74, 6) is 0.906. The number of hydrogen-bond acceptors (Lipinski definition) is 3. The van der Waals surface area contributed by atoms with Gasteiger partial charge in [-0.3, -0.25) is 0 Å². The Morgan fingerprint density at radius 3 is 3.00 bits per heavy atom. The molecule has 3 nitrogen and oxygen atoms in total. The van der Waals surface area contributed by atoms with E-state index in [0.29, 0.717) is 0 Å². The van der Waals surface area contributed by atoms with Gasteiger partial charge in [-0.1, -0.05) is 13.3 Å². The van der Waals surface area contributed by atoms with Crippen LogP contribution in [0.2, 0.25) is 0 Å². The van der Waals surface area contributed by atoms with E-state index in [9.17, 15) is 0 Å². The highest BCUT2D eigenvalue weighted by molar-refractivity contribution is 4.78. The number of rotatable bonds is 8. The van der Waals surface area contributed by atoms with Gasteiger partial charge in [0.25, 0.3) is 0 Å². The van der Waals surface area contributed by atoms with Crippen LogP contribution in [0.15, 0.2) is 0 Å². The Kier molecular flexibility index (Phi) is 5.75. The van der Waals surface area contributed by atoms with E-state index in [-0.39, 0.29) is 0 Å². The van der Waals surface area contributed by atoms with Gasteiger partial charge >= 0.3 is 0 Å². The van der Waals surface area contributed by atoms with E-state index in [0.717, 1.165) is 31.7 Å². The van der Waals surface area contributed by atoms with Gasteiger partial charge in [-0.25, -0.2) is 0 Å². The minimum atomic E-state index is 0.723. The van der Waals surface area contributed by atoms with Gasteiger partial charge in [0.05, 0.1) is 0 Å². The number of ether oxygens (including phenoxy) is 1. The normalized spacial score (nSPS) is 26.3. The van der Waals surface area contributed by atoms with Crippen LogP contribution in [0.5, 0.6) is 0 Å². The third-order valence-corrected chi connectivity index (χ3v) is 3.79. The summed E-state index contributed by atoms with van der Waals surface area (Å²) in [7, 11) is 0. The maximum absolute atomic E-state index is 5.68. The molecule has 2 aliphatic rings. The fourth-order valence-electron chi connectivity index (χ4n) is 2.56. The molecule has 0 radical (unpaired) electrons. The molecule has 1 N–H and O–H groups in total. The molecule has 0 spiro atoms. The average molecular weight is 240 g/mol. The van der Waals surface area contributed by atoms with Gasteiger partial charge in [-0.05, 0) is 31.6 Å². The van der Waals surface area contributed by atoms with E-state index in [1.807, 2.05) is 0 Å². The first-order chi connectivity index (χ1) is 8.38. The van der Waals surface area contributed by atoms with E-state index in [2.05, 4.69) is 17.1 Å². The Morgan fingerprint density at radius 2 is 2.24 bits per heavy atom. The van der Waals surface area contributed by atoms with Gasteiger partial charge < -0.3 is 15.0 Å². The van der Waals surface area contributed by atoms with Crippen LogP contribution < -0.4 is 5.32 Å². The lowest BCUT2D eigenvalue weighted by Gasteiger charge is -2.33. The second-order valence-corrected chi connectivity index (χ2v) is 5.61. The van der Waals surface area contributed by atoms with E-state index < -0.39 is 0 Å². The van der Waals surface area contributed by atoms with Crippen molar-refractivity contribution < 1.29 is 4.74 Å². The van der Waals surface area contributed by atoms with E-state index in [4.69, 9.17) is 4.74 Å². The summed E-state index contributed by atoms with van der Waals surface area (Å²) in [5, 5.41) is 3.60. The second-order valence-electron chi connectivity index (χ2n) is 5.61. The molecule has 1 saturated carbocycles. The van der Waals surface area contributed by atoms with Gasteiger partial charge in [-0.2, -0.15) is 0 Å². The molecule has 1 heterocycles. The molecule has 2 rings (SSSR count). The molecular formula is C14H28N2O. The van der Waals surface area contributed by atoms with Crippen LogP contribution >= 0.6 is 0 Å². The molecule has 1 saturated heterocycles. The number of nitrogens with one attached hydrogen (secondary N) is 1. The predicted octanol–water partition coefficient (Wildman–Crippen LogP) is 1.88. The quantitative estimate of drug-likeness (QED) is 0.656. The Balaban J connectivity index is 1.48. The summed E-state index contributed by atoms with van der Waals surface area (Å²) in [6, 6.07) is 0.723. The van der Waals surface area contributed by atoms with Gasteiger partial charge in [0.2, 0.25) is 0 Å². The zero-order valence-corrected chi connectivity index (χ0v) is 11.3. The van der Waals surface area contributed by atoms with Crippen molar-refractivity contribution in [1.82, 2.24) is 10.2 Å². The minimum absolute atomic E-state index is 0.723. The van der Waals surface area contributed by atoms with Gasteiger partial charge in [-0.15, -0.1) is 0 Å². The minimum Gasteiger partial charge on any atom is -0.381 e. The third kappa shape index (κ3) is 5.36. The van der Waals surface area contributed by atoms with Crippen LogP contribution in [0, 0.1) is 5.92 Å². The fraction of sp³-hybridized carbons (Fsp3) is 1.00. The maximum Gasteiger partial charge on any atom is 0.0494 e. The SMILES string of the molecule is CCCC1CN(CCCOCC2CC2)CCN1. The van der Waals surface area contributed by atoms with Crippen molar-refractivity contribution in [3.8, 4) is 0 Å². The van der Waals surface area contributed by atoms with Crippen LogP contribution in [0.4, 0.5) is 0 Å². The standard InChI is InChI=1S/C14H28N2O/c1-2-4-14-11-16(9-7-15-14)8-3-10-17-12-13-5-6-13/h13-15H,2-12H2,1H3. The molecule has 17 heavy (non-hydrogen) atoms. The van der Waals surface area contributed by atoms with Gasteiger partial charge in [0, 0.05) is 45.4 Å². The number of piperazine rings is 1. The summed E-state index contributed by atoms with van der Waals surface area (Å²) in [6.07, 6.45) is 6.60. The molecule has 100 valence electrons. The molecule has 0 amide bonds. The molecule has 2 fully saturated rings. The van der Waals surface area contributed by atoms with Crippen molar-refractivity contribution in [2.75, 3.05) is 39.4 Å². The maximum atomic E-state index is 5.68. The first kappa shape index (κ1) is 13.3. The van der Waals surface area contributed by atoms with Crippen LogP contribution in [0.3, 0.4) is 0 Å². The Labute approximate surface area is 106 Å². The summed E-state index contributed by atoms with van der Waals surface area (Å²) < 4.78 is 5.68. The monoisotopic (exact) mass is 240 g/mol. The third-order valence-electron chi connectivity index (χ3n) is 3.79. The van der Waals surface area contributed by atoms with E-state index >= 15 is 0 Å². The first-order valence-corrected chi connectivity index (χ1v) is 7.42. The van der Waals surface area contributed by atoms with E-state index in [1.54, 1.807) is 0 Å². The highest BCUT2D eigenvalue weighted by atomic mass is 16.5. The molecule has 1 atom stereocenters.